The van der Waals surface area contributed by atoms with Gasteiger partial charge in [-0.15, -0.1) is 0 Å². The van der Waals surface area contributed by atoms with Crippen LogP contribution in [0.5, 0.6) is 0 Å². The zero-order chi connectivity index (χ0) is 25.1. The van der Waals surface area contributed by atoms with Crippen molar-refractivity contribution >= 4 is 48.2 Å². The molecule has 1 aromatic rings. The van der Waals surface area contributed by atoms with Crippen LogP contribution in [-0.4, -0.2) is 85.7 Å². The average Bonchev–Trinajstić information content (AvgIpc) is 3.22. The summed E-state index contributed by atoms with van der Waals surface area (Å²) in [6, 6.07) is -5.77. The van der Waals surface area contributed by atoms with Crippen LogP contribution in [0.15, 0.2) is 12.5 Å². The Morgan fingerprint density at radius 3 is 2.03 bits per heavy atom. The van der Waals surface area contributed by atoms with E-state index in [-0.39, 0.29) is 12.2 Å². The zero-order valence-corrected chi connectivity index (χ0v) is 18.1. The number of thiol groups is 1. The number of aromatic amines is 1. The number of nitrogens with two attached hydrogens (primary N) is 2. The Labute approximate surface area is 192 Å². The van der Waals surface area contributed by atoms with Crippen molar-refractivity contribution in [1.29, 1.82) is 0 Å². The van der Waals surface area contributed by atoms with Gasteiger partial charge in [0, 0.05) is 24.1 Å². The van der Waals surface area contributed by atoms with E-state index in [0.29, 0.717) is 5.69 Å². The highest BCUT2D eigenvalue weighted by molar-refractivity contribution is 7.80. The van der Waals surface area contributed by atoms with E-state index in [1.165, 1.54) is 12.5 Å². The lowest BCUT2D eigenvalue weighted by Gasteiger charge is -2.23. The van der Waals surface area contributed by atoms with Gasteiger partial charge in [0.25, 0.3) is 0 Å². The van der Waals surface area contributed by atoms with E-state index in [4.69, 9.17) is 21.7 Å². The molecule has 4 unspecified atom stereocenters. The minimum absolute atomic E-state index is 0.0541. The van der Waals surface area contributed by atoms with Gasteiger partial charge in [-0.3, -0.25) is 24.0 Å². The molecule has 0 spiro atoms. The van der Waals surface area contributed by atoms with Crippen molar-refractivity contribution in [1.82, 2.24) is 25.9 Å². The number of aliphatic carboxylic acids is 2. The highest BCUT2D eigenvalue weighted by Crippen LogP contribution is 2.01. The molecule has 0 saturated heterocycles. The van der Waals surface area contributed by atoms with Crippen molar-refractivity contribution in [3.63, 3.8) is 0 Å². The number of nitrogens with zero attached hydrogens (tertiary/aromatic N) is 1. The summed E-state index contributed by atoms with van der Waals surface area (Å²) < 4.78 is 0. The Kier molecular flexibility index (Phi) is 10.8. The molecule has 33 heavy (non-hydrogen) atoms. The first-order chi connectivity index (χ1) is 15.4. The molecule has 0 aromatic carbocycles. The van der Waals surface area contributed by atoms with Gasteiger partial charge >= 0.3 is 11.9 Å². The predicted octanol–water partition coefficient (Wildman–Crippen LogP) is -3.90. The Balaban J connectivity index is 2.84. The van der Waals surface area contributed by atoms with Gasteiger partial charge in [0.1, 0.15) is 18.1 Å². The van der Waals surface area contributed by atoms with Crippen LogP contribution in [0, 0.1) is 0 Å². The first kappa shape index (κ1) is 27.4. The number of amides is 4. The van der Waals surface area contributed by atoms with Crippen LogP contribution >= 0.6 is 12.6 Å². The van der Waals surface area contributed by atoms with E-state index in [2.05, 4.69) is 33.2 Å². The maximum atomic E-state index is 12.6. The minimum atomic E-state index is -1.75. The molecule has 10 N–H and O–H groups in total. The molecular formula is C17H25N7O8S. The van der Waals surface area contributed by atoms with E-state index in [0.717, 1.165) is 0 Å². The van der Waals surface area contributed by atoms with E-state index in [1.54, 1.807) is 0 Å². The number of aromatic nitrogens is 2. The third-order valence-corrected chi connectivity index (χ3v) is 4.54. The number of rotatable bonds is 14. The fourth-order valence-corrected chi connectivity index (χ4v) is 2.79. The second-order valence-electron chi connectivity index (χ2n) is 6.86. The van der Waals surface area contributed by atoms with Gasteiger partial charge in [-0.05, 0) is 0 Å². The molecule has 0 radical (unpaired) electrons. The predicted molar refractivity (Wildman–Crippen MR) is 114 cm³/mol. The summed E-state index contributed by atoms with van der Waals surface area (Å²) in [6.45, 7) is 0. The molecule has 0 aliphatic heterocycles. The average molecular weight is 487 g/mol. The molecule has 182 valence electrons. The largest absolute Gasteiger partial charge is 0.481 e. The van der Waals surface area contributed by atoms with Gasteiger partial charge in [-0.1, -0.05) is 0 Å². The van der Waals surface area contributed by atoms with E-state index >= 15 is 0 Å². The van der Waals surface area contributed by atoms with Crippen molar-refractivity contribution in [2.24, 2.45) is 11.5 Å². The van der Waals surface area contributed by atoms with E-state index in [9.17, 15) is 28.8 Å². The standard InChI is InChI=1S/C17H25N7O8S/c18-8(1-7-4-20-6-21-7)14(28)22-9(2-12(19)25)15(29)24-11(5-33)16(30)23-10(17(31)32)3-13(26)27/h4,6,8-11,33H,1-3,5,18H2,(H2,19,25)(H,20,21)(H,22,28)(H,23,30)(H,24,29)(H,26,27)(H,31,32). The number of nitrogens with one attached hydrogen (secondary N) is 4. The molecule has 0 aliphatic rings. The number of hydrogen-bond donors (Lipinski definition) is 9. The van der Waals surface area contributed by atoms with Gasteiger partial charge < -0.3 is 42.6 Å². The second kappa shape index (κ2) is 13.0. The fourth-order valence-electron chi connectivity index (χ4n) is 2.53. The molecule has 1 aromatic heterocycles. The van der Waals surface area contributed by atoms with Gasteiger partial charge in [-0.2, -0.15) is 12.6 Å². The number of carbonyl (C=O) groups is 6. The Hall–Kier alpha value is -3.66. The summed E-state index contributed by atoms with van der Waals surface area (Å²) in [5.74, 6) is -7.12. The van der Waals surface area contributed by atoms with Gasteiger partial charge in [-0.25, -0.2) is 9.78 Å². The molecule has 4 amide bonds. The molecule has 0 bridgehead atoms. The monoisotopic (exact) mass is 487 g/mol. The molecular weight excluding hydrogens is 462 g/mol. The van der Waals surface area contributed by atoms with Crippen molar-refractivity contribution in [2.45, 2.75) is 43.4 Å². The second-order valence-corrected chi connectivity index (χ2v) is 7.23. The molecule has 0 aliphatic carbocycles. The Bertz CT molecular complexity index is 879. The molecule has 1 rings (SSSR count). The van der Waals surface area contributed by atoms with Crippen molar-refractivity contribution in [2.75, 3.05) is 5.75 Å². The Morgan fingerprint density at radius 2 is 1.55 bits per heavy atom. The smallest absolute Gasteiger partial charge is 0.326 e. The minimum Gasteiger partial charge on any atom is -0.481 e. The normalized spacial score (nSPS) is 14.2. The third-order valence-electron chi connectivity index (χ3n) is 4.18. The molecule has 0 saturated carbocycles. The molecule has 15 nitrogen and oxygen atoms in total. The highest BCUT2D eigenvalue weighted by Gasteiger charge is 2.31. The van der Waals surface area contributed by atoms with Crippen LogP contribution in [0.25, 0.3) is 0 Å². The van der Waals surface area contributed by atoms with Crippen molar-refractivity contribution in [3.05, 3.63) is 18.2 Å². The number of carbonyl (C=O) groups excluding carboxylic acids is 4. The first-order valence-electron chi connectivity index (χ1n) is 9.42. The summed E-state index contributed by atoms with van der Waals surface area (Å²) in [5.41, 5.74) is 11.5. The zero-order valence-electron chi connectivity index (χ0n) is 17.2. The number of hydrogen-bond acceptors (Lipinski definition) is 9. The Morgan fingerprint density at radius 1 is 0.970 bits per heavy atom. The lowest BCUT2D eigenvalue weighted by Crippen LogP contribution is -2.58. The SMILES string of the molecule is NC(=O)CC(NC(=O)C(N)Cc1cnc[nH]1)C(=O)NC(CS)C(=O)NC(CC(=O)O)C(=O)O. The van der Waals surface area contributed by atoms with Crippen LogP contribution < -0.4 is 27.4 Å². The van der Waals surface area contributed by atoms with Crippen LogP contribution in [0.2, 0.25) is 0 Å². The fraction of sp³-hybridized carbons (Fsp3) is 0.471. The van der Waals surface area contributed by atoms with Crippen molar-refractivity contribution in [3.8, 4) is 0 Å². The van der Waals surface area contributed by atoms with Crippen LogP contribution in [-0.2, 0) is 35.2 Å². The lowest BCUT2D eigenvalue weighted by molar-refractivity contribution is -0.147. The lowest BCUT2D eigenvalue weighted by atomic mass is 10.1. The first-order valence-corrected chi connectivity index (χ1v) is 10.1. The van der Waals surface area contributed by atoms with E-state index in [1.807, 2.05) is 5.32 Å². The quantitative estimate of drug-likeness (QED) is 0.115. The summed E-state index contributed by atoms with van der Waals surface area (Å²) in [6.07, 6.45) is 1.37. The number of carboxylic acid groups (broad SMARTS) is 2. The van der Waals surface area contributed by atoms with Crippen LogP contribution in [0.4, 0.5) is 0 Å². The third kappa shape index (κ3) is 9.56. The van der Waals surface area contributed by atoms with Gasteiger partial charge in [0.2, 0.25) is 23.6 Å². The van der Waals surface area contributed by atoms with Gasteiger partial charge in [0.05, 0.1) is 25.2 Å². The van der Waals surface area contributed by atoms with Crippen molar-refractivity contribution < 1.29 is 39.0 Å². The molecule has 1 heterocycles. The summed E-state index contributed by atoms with van der Waals surface area (Å²) in [7, 11) is 0. The topological polar surface area (TPSA) is 260 Å². The molecule has 0 fully saturated rings. The van der Waals surface area contributed by atoms with E-state index < -0.39 is 72.6 Å². The number of primary amides is 1. The van der Waals surface area contributed by atoms with Crippen LogP contribution in [0.1, 0.15) is 18.5 Å². The van der Waals surface area contributed by atoms with Crippen LogP contribution in [0.3, 0.4) is 0 Å². The maximum absolute atomic E-state index is 12.6. The summed E-state index contributed by atoms with van der Waals surface area (Å²) >= 11 is 3.92. The summed E-state index contributed by atoms with van der Waals surface area (Å²) in [4.78, 5) is 77.1. The number of imidazole rings is 1. The number of H-pyrrole nitrogens is 1. The highest BCUT2D eigenvalue weighted by atomic mass is 32.1. The maximum Gasteiger partial charge on any atom is 0.326 e. The molecule has 4 atom stereocenters. The van der Waals surface area contributed by atoms with Gasteiger partial charge in [0.15, 0.2) is 0 Å². The molecule has 16 heteroatoms. The summed E-state index contributed by atoms with van der Waals surface area (Å²) in [5, 5.41) is 24.3. The number of carboxylic acids is 2.